The standard InChI is InChI=1S/C16H16N2O2.Zr/c19-15-7-3-1-5-13(15)11-17-9-10-18-12-14-6-2-4-8-16(14)20;/h1-8,11-12,19-20H,9-10H2;/b17-11+,18-12+;. The molecule has 2 aromatic carbocycles. The molecular formula is C16H16N2O2Zr. The van der Waals surface area contributed by atoms with Crippen molar-refractivity contribution in [3.05, 3.63) is 59.7 Å². The summed E-state index contributed by atoms with van der Waals surface area (Å²) >= 11 is 0. The molecule has 4 nitrogen and oxygen atoms in total. The molecule has 2 N–H and O–H groups in total. The number of nitrogens with zero attached hydrogens (tertiary/aromatic N) is 2. The van der Waals surface area contributed by atoms with E-state index >= 15 is 0 Å². The van der Waals surface area contributed by atoms with Crippen molar-refractivity contribution in [2.24, 2.45) is 9.98 Å². The van der Waals surface area contributed by atoms with Crippen molar-refractivity contribution in [3.8, 4) is 11.5 Å². The van der Waals surface area contributed by atoms with E-state index in [2.05, 4.69) is 9.98 Å². The van der Waals surface area contributed by atoms with Crippen molar-refractivity contribution in [1.29, 1.82) is 0 Å². The van der Waals surface area contributed by atoms with E-state index in [0.717, 1.165) is 0 Å². The maximum Gasteiger partial charge on any atom is 0.124 e. The quantitative estimate of drug-likeness (QED) is 0.637. The van der Waals surface area contributed by atoms with Crippen molar-refractivity contribution in [2.45, 2.75) is 0 Å². The normalized spacial score (nSPS) is 10.9. The Bertz CT molecular complexity index is 572. The Kier molecular flexibility index (Phi) is 7.62. The smallest absolute Gasteiger partial charge is 0.124 e. The molecule has 0 spiro atoms. The molecule has 0 aliphatic carbocycles. The first-order valence-electron chi connectivity index (χ1n) is 6.33. The largest absolute Gasteiger partial charge is 0.507 e. The van der Waals surface area contributed by atoms with Crippen LogP contribution in [-0.4, -0.2) is 35.7 Å². The van der Waals surface area contributed by atoms with Gasteiger partial charge in [0.15, 0.2) is 0 Å². The van der Waals surface area contributed by atoms with Gasteiger partial charge in [-0.25, -0.2) is 0 Å². The number of phenols is 2. The molecule has 5 heteroatoms. The molecule has 0 bridgehead atoms. The number of rotatable bonds is 5. The Hall–Kier alpha value is -1.74. The Morgan fingerprint density at radius 3 is 1.48 bits per heavy atom. The first-order chi connectivity index (χ1) is 9.77. The molecule has 0 aliphatic rings. The summed E-state index contributed by atoms with van der Waals surface area (Å²) in [7, 11) is 0. The minimum Gasteiger partial charge on any atom is -0.507 e. The molecule has 0 radical (unpaired) electrons. The zero-order valence-corrected chi connectivity index (χ0v) is 13.9. The summed E-state index contributed by atoms with van der Waals surface area (Å²) in [5, 5.41) is 19.1. The van der Waals surface area contributed by atoms with Crippen LogP contribution >= 0.6 is 0 Å². The fourth-order valence-electron chi connectivity index (χ4n) is 1.63. The van der Waals surface area contributed by atoms with Gasteiger partial charge in [-0.3, -0.25) is 9.98 Å². The van der Waals surface area contributed by atoms with Crippen molar-refractivity contribution in [3.63, 3.8) is 0 Å². The molecular weight excluding hydrogens is 343 g/mol. The van der Waals surface area contributed by atoms with Crippen molar-refractivity contribution in [2.75, 3.05) is 13.1 Å². The summed E-state index contributed by atoms with van der Waals surface area (Å²) in [5.74, 6) is 0.433. The van der Waals surface area contributed by atoms with Crippen LogP contribution in [0.5, 0.6) is 11.5 Å². The molecule has 0 amide bonds. The van der Waals surface area contributed by atoms with Crippen LogP contribution in [-0.2, 0) is 26.2 Å². The van der Waals surface area contributed by atoms with Gasteiger partial charge in [0, 0.05) is 49.8 Å². The molecule has 106 valence electrons. The maximum atomic E-state index is 9.54. The second-order valence-electron chi connectivity index (χ2n) is 4.19. The molecule has 0 saturated carbocycles. The van der Waals surface area contributed by atoms with Gasteiger partial charge in [-0.05, 0) is 24.3 Å². The van der Waals surface area contributed by atoms with Crippen LogP contribution < -0.4 is 0 Å². The van der Waals surface area contributed by atoms with E-state index < -0.39 is 0 Å². The second-order valence-corrected chi connectivity index (χ2v) is 4.19. The zero-order valence-electron chi connectivity index (χ0n) is 11.5. The van der Waals surface area contributed by atoms with Gasteiger partial charge in [0.05, 0.1) is 13.1 Å². The predicted octanol–water partition coefficient (Wildman–Crippen LogP) is 2.63. The molecule has 0 aromatic heterocycles. The summed E-state index contributed by atoms with van der Waals surface area (Å²) in [6.45, 7) is 1.05. The fraction of sp³-hybridized carbons (Fsp3) is 0.125. The van der Waals surface area contributed by atoms with Gasteiger partial charge in [-0.2, -0.15) is 0 Å². The van der Waals surface area contributed by atoms with E-state index in [0.29, 0.717) is 24.2 Å². The van der Waals surface area contributed by atoms with Crippen LogP contribution in [0, 0.1) is 0 Å². The van der Waals surface area contributed by atoms with Gasteiger partial charge < -0.3 is 10.2 Å². The van der Waals surface area contributed by atoms with Gasteiger partial charge in [-0.15, -0.1) is 0 Å². The van der Waals surface area contributed by atoms with Crippen molar-refractivity contribution < 1.29 is 36.4 Å². The number of para-hydroxylation sites is 2. The molecule has 0 aliphatic heterocycles. The van der Waals surface area contributed by atoms with Crippen LogP contribution in [0.25, 0.3) is 0 Å². The van der Waals surface area contributed by atoms with E-state index in [1.165, 1.54) is 0 Å². The van der Waals surface area contributed by atoms with E-state index in [1.807, 2.05) is 12.1 Å². The summed E-state index contributed by atoms with van der Waals surface area (Å²) in [6, 6.07) is 14.1. The summed E-state index contributed by atoms with van der Waals surface area (Å²) in [5.41, 5.74) is 1.38. The number of aliphatic imine (C=N–C) groups is 2. The average Bonchev–Trinajstić information content (AvgIpc) is 2.46. The first kappa shape index (κ1) is 17.3. The van der Waals surface area contributed by atoms with Crippen LogP contribution in [0.4, 0.5) is 0 Å². The first-order valence-corrected chi connectivity index (χ1v) is 6.33. The average molecular weight is 360 g/mol. The molecule has 2 aromatic rings. The second kappa shape index (κ2) is 9.25. The minimum absolute atomic E-state index is 0. The predicted molar refractivity (Wildman–Crippen MR) is 81.1 cm³/mol. The van der Waals surface area contributed by atoms with Crippen LogP contribution in [0.2, 0.25) is 0 Å². The third-order valence-corrected chi connectivity index (χ3v) is 2.69. The molecule has 0 atom stereocenters. The molecule has 0 fully saturated rings. The van der Waals surface area contributed by atoms with Crippen LogP contribution in [0.1, 0.15) is 11.1 Å². The van der Waals surface area contributed by atoms with Crippen molar-refractivity contribution >= 4 is 12.4 Å². The van der Waals surface area contributed by atoms with Gasteiger partial charge in [0.1, 0.15) is 11.5 Å². The number of hydrogen-bond acceptors (Lipinski definition) is 4. The van der Waals surface area contributed by atoms with Gasteiger partial charge in [0.2, 0.25) is 0 Å². The van der Waals surface area contributed by atoms with Crippen LogP contribution in [0.3, 0.4) is 0 Å². The monoisotopic (exact) mass is 358 g/mol. The van der Waals surface area contributed by atoms with E-state index in [4.69, 9.17) is 0 Å². The van der Waals surface area contributed by atoms with Gasteiger partial charge in [-0.1, -0.05) is 24.3 Å². The zero-order chi connectivity index (χ0) is 14.2. The SMILES string of the molecule is Oc1ccccc1/C=N/CC/N=C/c1ccccc1O.[Zr]. The van der Waals surface area contributed by atoms with E-state index in [9.17, 15) is 10.2 Å². The Balaban J connectivity index is 0.00000220. The van der Waals surface area contributed by atoms with Gasteiger partial charge in [0.25, 0.3) is 0 Å². The number of aromatic hydroxyl groups is 2. The maximum absolute atomic E-state index is 9.54. The Morgan fingerprint density at radius 2 is 1.10 bits per heavy atom. The van der Waals surface area contributed by atoms with E-state index in [1.54, 1.807) is 48.8 Å². The third-order valence-electron chi connectivity index (χ3n) is 2.69. The van der Waals surface area contributed by atoms with Crippen LogP contribution in [0.15, 0.2) is 58.5 Å². The topological polar surface area (TPSA) is 65.2 Å². The van der Waals surface area contributed by atoms with E-state index in [-0.39, 0.29) is 37.7 Å². The van der Waals surface area contributed by atoms with Crippen molar-refractivity contribution in [1.82, 2.24) is 0 Å². The molecule has 2 rings (SSSR count). The molecule has 0 saturated heterocycles. The Labute approximate surface area is 143 Å². The third kappa shape index (κ3) is 5.64. The molecule has 0 heterocycles. The van der Waals surface area contributed by atoms with Gasteiger partial charge >= 0.3 is 0 Å². The number of phenolic OH excluding ortho intramolecular Hbond substituents is 2. The fourth-order valence-corrected chi connectivity index (χ4v) is 1.63. The number of benzene rings is 2. The summed E-state index contributed by atoms with van der Waals surface area (Å²) < 4.78 is 0. The molecule has 21 heavy (non-hydrogen) atoms. The summed E-state index contributed by atoms with van der Waals surface area (Å²) in [4.78, 5) is 8.39. The minimum atomic E-state index is 0. The Morgan fingerprint density at radius 1 is 0.714 bits per heavy atom. The number of hydrogen-bond donors (Lipinski definition) is 2. The molecule has 0 unspecified atom stereocenters. The summed E-state index contributed by atoms with van der Waals surface area (Å²) in [6.07, 6.45) is 3.26.